The minimum absolute atomic E-state index is 0.0989. The quantitative estimate of drug-likeness (QED) is 0.118. The summed E-state index contributed by atoms with van der Waals surface area (Å²) in [6.45, 7) is 3.00. The number of aryl methyl sites for hydroxylation is 1. The van der Waals surface area contributed by atoms with Gasteiger partial charge >= 0.3 is 0 Å². The summed E-state index contributed by atoms with van der Waals surface area (Å²) >= 11 is 20.0. The number of rotatable bonds is 11. The first-order valence-electron chi connectivity index (χ1n) is 12.4. The summed E-state index contributed by atoms with van der Waals surface area (Å²) in [6.07, 6.45) is 6.92. The molecule has 1 N–H and O–H groups in total. The van der Waals surface area contributed by atoms with Gasteiger partial charge in [-0.15, -0.1) is 0 Å². The first-order valence-corrected chi connectivity index (χ1v) is 24.7. The fourth-order valence-electron chi connectivity index (χ4n) is 4.28. The van der Waals surface area contributed by atoms with E-state index in [1.54, 1.807) is 23.1 Å². The van der Waals surface area contributed by atoms with Crippen LogP contribution in [0.15, 0.2) is 58.0 Å². The van der Waals surface area contributed by atoms with E-state index in [2.05, 4.69) is 60.9 Å². The molecule has 0 fully saturated rings. The van der Waals surface area contributed by atoms with Crippen LogP contribution in [0.4, 0.5) is 5.69 Å². The molecule has 0 saturated carbocycles. The van der Waals surface area contributed by atoms with E-state index in [0.717, 1.165) is 42.8 Å². The van der Waals surface area contributed by atoms with Crippen molar-refractivity contribution < 1.29 is 26.0 Å². The predicted octanol–water partition coefficient (Wildman–Crippen LogP) is 8.23. The average Bonchev–Trinajstić information content (AvgIpc) is 3.40. The summed E-state index contributed by atoms with van der Waals surface area (Å²) in [5, 5.41) is 3.12. The van der Waals surface area contributed by atoms with Crippen molar-refractivity contribution in [1.29, 1.82) is 0 Å². The highest BCUT2D eigenvalue weighted by Crippen LogP contribution is 2.47. The number of nitrogens with zero attached hydrogens (tertiary/aromatic N) is 2. The molecule has 1 aromatic heterocycles. The fraction of sp³-hybridized carbons (Fsp3) is 0.346. The van der Waals surface area contributed by atoms with Crippen LogP contribution in [0.5, 0.6) is 0 Å². The van der Waals surface area contributed by atoms with E-state index in [9.17, 15) is 21.4 Å². The zero-order valence-electron chi connectivity index (χ0n) is 22.2. The van der Waals surface area contributed by atoms with Crippen molar-refractivity contribution >= 4 is 125 Å². The number of hydrogen-bond acceptors (Lipinski definition) is 7. The molecule has 3 aromatic rings. The molecule has 0 saturated heterocycles. The molecule has 0 unspecified atom stereocenters. The third-order valence-electron chi connectivity index (χ3n) is 6.09. The lowest BCUT2D eigenvalue weighted by atomic mass is 10.2. The molecule has 2 aromatic carbocycles. The van der Waals surface area contributed by atoms with Gasteiger partial charge < -0.3 is 4.90 Å². The van der Waals surface area contributed by atoms with Gasteiger partial charge in [-0.2, -0.15) is 13.0 Å². The van der Waals surface area contributed by atoms with Crippen molar-refractivity contribution in [3.63, 3.8) is 0 Å². The maximum atomic E-state index is 11.7. The van der Waals surface area contributed by atoms with E-state index < -0.39 is 20.0 Å². The lowest BCUT2D eigenvalue weighted by molar-refractivity contribution is -0.668. The number of allylic oxidation sites excluding steroid dienone is 2. The van der Waals surface area contributed by atoms with Crippen LogP contribution < -0.4 is 9.47 Å². The molecule has 0 radical (unpaired) electrons. The Hall–Kier alpha value is -0.140. The van der Waals surface area contributed by atoms with Gasteiger partial charge in [-0.3, -0.25) is 4.55 Å². The maximum absolute atomic E-state index is 11.7. The second-order valence-corrected chi connectivity index (χ2v) is 16.1. The number of halogens is 4. The zero-order valence-corrected chi connectivity index (χ0v) is 31.3. The van der Waals surface area contributed by atoms with Crippen LogP contribution in [0.3, 0.4) is 0 Å². The molecule has 224 valence electrons. The minimum atomic E-state index is -4.06. The Kier molecular flexibility index (Phi) is 13.6. The number of hydrogen-bond donors (Lipinski definition) is 1. The summed E-state index contributed by atoms with van der Waals surface area (Å²) in [6, 6.07) is 11.4. The standard InChI is InChI=1S/C26H28Cl2N2O5S4.I2/c1-3-18(14-25-29(10-4-12-38(2,31)32)21-16-19(27)6-8-23(21)36-25)15-26-30(11-5-13-39(33,34)35)22-17-20(28)7-9-24(22)37-26;1-2/h6-9,14-17H,3-5,10-13H2,1-2H3;/p+1. The van der Waals surface area contributed by atoms with E-state index in [1.165, 1.54) is 6.26 Å². The highest BCUT2D eigenvalue weighted by molar-refractivity contribution is 15.0. The van der Waals surface area contributed by atoms with E-state index in [4.69, 9.17) is 23.2 Å². The number of sulfone groups is 1. The molecule has 0 bridgehead atoms. The minimum Gasteiger partial charge on any atom is -0.335 e. The van der Waals surface area contributed by atoms with Crippen LogP contribution in [0.1, 0.15) is 31.2 Å². The molecule has 0 atom stereocenters. The van der Waals surface area contributed by atoms with Gasteiger partial charge in [-0.25, -0.2) is 8.42 Å². The number of thioether (sulfide) groups is 1. The van der Waals surface area contributed by atoms with Crippen molar-refractivity contribution in [1.82, 2.24) is 0 Å². The van der Waals surface area contributed by atoms with Gasteiger partial charge in [0, 0.05) is 83.5 Å². The van der Waals surface area contributed by atoms with Crippen LogP contribution >= 0.6 is 83.5 Å². The second-order valence-electron chi connectivity index (χ2n) is 9.25. The van der Waals surface area contributed by atoms with Crippen LogP contribution in [0.25, 0.3) is 16.3 Å². The van der Waals surface area contributed by atoms with Crippen molar-refractivity contribution in [2.45, 2.75) is 37.6 Å². The summed E-state index contributed by atoms with van der Waals surface area (Å²) in [5.41, 5.74) is 2.90. The third kappa shape index (κ3) is 10.5. The Balaban J connectivity index is 0.00000226. The Morgan fingerprint density at radius 3 is 2.39 bits per heavy atom. The van der Waals surface area contributed by atoms with Crippen molar-refractivity contribution in [3.8, 4) is 0 Å². The van der Waals surface area contributed by atoms with Crippen molar-refractivity contribution in [3.05, 3.63) is 68.1 Å². The third-order valence-corrected chi connectivity index (χ3v) is 10.6. The molecule has 41 heavy (non-hydrogen) atoms. The summed E-state index contributed by atoms with van der Waals surface area (Å²) in [5.74, 6) is -0.229. The number of fused-ring (bicyclic) bond motifs is 2. The molecule has 2 heterocycles. The summed E-state index contributed by atoms with van der Waals surface area (Å²) in [7, 11) is -7.14. The molecule has 15 heteroatoms. The smallest absolute Gasteiger partial charge is 0.264 e. The van der Waals surface area contributed by atoms with Crippen LogP contribution in [-0.2, 0) is 26.5 Å². The van der Waals surface area contributed by atoms with Crippen LogP contribution in [0.2, 0.25) is 10.0 Å². The topological polar surface area (TPSA) is 95.6 Å². The highest BCUT2D eigenvalue weighted by Gasteiger charge is 2.26. The van der Waals surface area contributed by atoms with Crippen LogP contribution in [0, 0.1) is 0 Å². The van der Waals surface area contributed by atoms with Crippen LogP contribution in [-0.4, -0.2) is 45.7 Å². The van der Waals surface area contributed by atoms with Gasteiger partial charge in [-0.1, -0.05) is 53.2 Å². The summed E-state index contributed by atoms with van der Waals surface area (Å²) < 4.78 is 58.5. The normalized spacial score (nSPS) is 14.9. The molecule has 1 aliphatic heterocycles. The lowest BCUT2D eigenvalue weighted by Crippen LogP contribution is -2.36. The van der Waals surface area contributed by atoms with Gasteiger partial charge in [0.05, 0.1) is 22.2 Å². The number of aromatic nitrogens is 1. The molecular weight excluding hydrogens is 873 g/mol. The molecule has 0 spiro atoms. The van der Waals surface area contributed by atoms with Gasteiger partial charge in [-0.05, 0) is 54.8 Å². The van der Waals surface area contributed by atoms with E-state index >= 15 is 0 Å². The molecule has 0 aliphatic carbocycles. The van der Waals surface area contributed by atoms with Crippen molar-refractivity contribution in [2.75, 3.05) is 29.2 Å². The van der Waals surface area contributed by atoms with Gasteiger partial charge in [0.15, 0.2) is 6.54 Å². The average molecular weight is 903 g/mol. The Morgan fingerprint density at radius 1 is 1.05 bits per heavy atom. The van der Waals surface area contributed by atoms with E-state index in [-0.39, 0.29) is 17.9 Å². The number of anilines is 1. The number of thiazole rings is 1. The molecular formula is C26H29Cl2I2N2O5S4+. The summed E-state index contributed by atoms with van der Waals surface area (Å²) in [4.78, 5) is 3.05. The highest BCUT2D eigenvalue weighted by atomic mass is 128. The van der Waals surface area contributed by atoms with E-state index in [1.807, 2.05) is 41.3 Å². The Morgan fingerprint density at radius 2 is 1.73 bits per heavy atom. The van der Waals surface area contributed by atoms with E-state index in [0.29, 0.717) is 29.6 Å². The maximum Gasteiger partial charge on any atom is 0.264 e. The van der Waals surface area contributed by atoms with Gasteiger partial charge in [0.25, 0.3) is 15.1 Å². The fourth-order valence-corrected chi connectivity index (χ4v) is 8.05. The monoisotopic (exact) mass is 901 g/mol. The first-order chi connectivity index (χ1) is 19.3. The second kappa shape index (κ2) is 15.7. The van der Waals surface area contributed by atoms with Crippen molar-refractivity contribution in [2.24, 2.45) is 0 Å². The molecule has 1 aliphatic rings. The molecule has 0 amide bonds. The molecule has 4 rings (SSSR count). The number of benzene rings is 2. The largest absolute Gasteiger partial charge is 0.335 e. The first kappa shape index (κ1) is 35.3. The Labute approximate surface area is 283 Å². The lowest BCUT2D eigenvalue weighted by Gasteiger charge is -2.20. The predicted molar refractivity (Wildman–Crippen MR) is 191 cm³/mol. The van der Waals surface area contributed by atoms with Gasteiger partial charge in [0.1, 0.15) is 14.5 Å². The Bertz CT molecular complexity index is 1680. The van der Waals surface area contributed by atoms with Gasteiger partial charge in [0.2, 0.25) is 5.52 Å². The molecule has 7 nitrogen and oxygen atoms in total. The SMILES string of the molecule is CCC(/C=C1\Sc2ccc(Cl)cc2N1CCCS(=O)(=O)O)=C\c1sc2ccc(Cl)cc2[n+]1CCCS(C)(=O)=O.II. The zero-order chi connectivity index (χ0) is 30.4.